The maximum Gasteiger partial charge on any atom is 0.267 e. The minimum Gasteiger partial charge on any atom is -0.308 e. The van der Waals surface area contributed by atoms with Crippen LogP contribution in [0.5, 0.6) is 0 Å². The van der Waals surface area contributed by atoms with Crippen LogP contribution in [0.3, 0.4) is 0 Å². The molecule has 0 atom stereocenters. The molecule has 0 amide bonds. The molecule has 21 heavy (non-hydrogen) atoms. The molecule has 0 bridgehead atoms. The standard InChI is InChI=1S/C15H20N4OS/c1-11-2-7-15(20)19(18-11)13-5-3-12(4-6-13)17-10-14-16-8-9-21-14/h2,7-9,12-13,17H,3-6,10H2,1H3. The van der Waals surface area contributed by atoms with Gasteiger partial charge in [-0.2, -0.15) is 5.10 Å². The zero-order chi connectivity index (χ0) is 14.7. The van der Waals surface area contributed by atoms with Gasteiger partial charge in [0.1, 0.15) is 5.01 Å². The minimum atomic E-state index is 0.0137. The predicted molar refractivity (Wildman–Crippen MR) is 83.5 cm³/mol. The van der Waals surface area contributed by atoms with Crippen LogP contribution in [0.25, 0.3) is 0 Å². The van der Waals surface area contributed by atoms with Crippen molar-refractivity contribution >= 4 is 11.3 Å². The Morgan fingerprint density at radius 3 is 2.86 bits per heavy atom. The van der Waals surface area contributed by atoms with E-state index in [-0.39, 0.29) is 11.6 Å². The maximum absolute atomic E-state index is 11.9. The Labute approximate surface area is 128 Å². The van der Waals surface area contributed by atoms with E-state index in [2.05, 4.69) is 15.4 Å². The van der Waals surface area contributed by atoms with Crippen molar-refractivity contribution in [3.05, 3.63) is 44.8 Å². The fourth-order valence-corrected chi connectivity index (χ4v) is 3.45. The van der Waals surface area contributed by atoms with Crippen LogP contribution in [0.15, 0.2) is 28.5 Å². The van der Waals surface area contributed by atoms with Crippen LogP contribution >= 0.6 is 11.3 Å². The normalized spacial score (nSPS) is 22.3. The average molecular weight is 304 g/mol. The molecule has 6 heteroatoms. The SMILES string of the molecule is Cc1ccc(=O)n(C2CCC(NCc3nccs3)CC2)n1. The summed E-state index contributed by atoms with van der Waals surface area (Å²) in [5.41, 5.74) is 0.915. The minimum absolute atomic E-state index is 0.0137. The Bertz CT molecular complexity index is 629. The molecular weight excluding hydrogens is 284 g/mol. The first-order chi connectivity index (χ1) is 10.2. The summed E-state index contributed by atoms with van der Waals surface area (Å²) in [5.74, 6) is 0. The lowest BCUT2D eigenvalue weighted by atomic mass is 9.91. The molecule has 0 saturated heterocycles. The molecule has 0 radical (unpaired) electrons. The fourth-order valence-electron chi connectivity index (χ4n) is 2.88. The Balaban J connectivity index is 1.55. The van der Waals surface area contributed by atoms with Gasteiger partial charge in [0, 0.05) is 30.2 Å². The van der Waals surface area contributed by atoms with E-state index in [9.17, 15) is 4.79 Å². The van der Waals surface area contributed by atoms with E-state index in [1.54, 1.807) is 28.2 Å². The van der Waals surface area contributed by atoms with E-state index in [1.165, 1.54) is 0 Å². The smallest absolute Gasteiger partial charge is 0.267 e. The van der Waals surface area contributed by atoms with Gasteiger partial charge in [0.15, 0.2) is 0 Å². The van der Waals surface area contributed by atoms with Gasteiger partial charge in [-0.3, -0.25) is 4.79 Å². The largest absolute Gasteiger partial charge is 0.308 e. The lowest BCUT2D eigenvalue weighted by molar-refractivity contribution is 0.268. The molecule has 0 aromatic carbocycles. The van der Waals surface area contributed by atoms with Crippen molar-refractivity contribution in [1.29, 1.82) is 0 Å². The quantitative estimate of drug-likeness (QED) is 0.941. The van der Waals surface area contributed by atoms with Crippen molar-refractivity contribution in [3.63, 3.8) is 0 Å². The van der Waals surface area contributed by atoms with Crippen LogP contribution in [0, 0.1) is 6.92 Å². The van der Waals surface area contributed by atoms with Gasteiger partial charge in [-0.15, -0.1) is 11.3 Å². The Hall–Kier alpha value is -1.53. The molecule has 0 spiro atoms. The van der Waals surface area contributed by atoms with Crippen LogP contribution in [0.2, 0.25) is 0 Å². The first-order valence-electron chi connectivity index (χ1n) is 7.40. The predicted octanol–water partition coefficient (Wildman–Crippen LogP) is 2.28. The molecule has 0 aliphatic heterocycles. The Morgan fingerprint density at radius 2 is 2.14 bits per heavy atom. The number of aryl methyl sites for hydroxylation is 1. The Morgan fingerprint density at radius 1 is 1.33 bits per heavy atom. The molecule has 3 rings (SSSR count). The lowest BCUT2D eigenvalue weighted by Crippen LogP contribution is -2.36. The van der Waals surface area contributed by atoms with E-state index < -0.39 is 0 Å². The fraction of sp³-hybridized carbons (Fsp3) is 0.533. The van der Waals surface area contributed by atoms with E-state index in [0.29, 0.717) is 6.04 Å². The third kappa shape index (κ3) is 3.57. The maximum atomic E-state index is 11.9. The van der Waals surface area contributed by atoms with Gasteiger partial charge in [0.25, 0.3) is 5.56 Å². The van der Waals surface area contributed by atoms with Crippen LogP contribution in [0.4, 0.5) is 0 Å². The summed E-state index contributed by atoms with van der Waals surface area (Å²) >= 11 is 1.68. The van der Waals surface area contributed by atoms with Crippen molar-refractivity contribution in [1.82, 2.24) is 20.1 Å². The summed E-state index contributed by atoms with van der Waals surface area (Å²) < 4.78 is 1.67. The van der Waals surface area contributed by atoms with E-state index >= 15 is 0 Å². The second kappa shape index (κ2) is 6.49. The van der Waals surface area contributed by atoms with E-state index in [1.807, 2.05) is 18.5 Å². The first kappa shape index (κ1) is 14.4. The molecule has 1 aliphatic carbocycles. The van der Waals surface area contributed by atoms with E-state index in [0.717, 1.165) is 42.9 Å². The topological polar surface area (TPSA) is 59.8 Å². The summed E-state index contributed by atoms with van der Waals surface area (Å²) in [6.45, 7) is 2.77. The highest BCUT2D eigenvalue weighted by Crippen LogP contribution is 2.27. The van der Waals surface area contributed by atoms with Crippen molar-refractivity contribution in [2.75, 3.05) is 0 Å². The van der Waals surface area contributed by atoms with Crippen molar-refractivity contribution in [3.8, 4) is 0 Å². The van der Waals surface area contributed by atoms with Gasteiger partial charge in [-0.05, 0) is 38.7 Å². The lowest BCUT2D eigenvalue weighted by Gasteiger charge is -2.29. The van der Waals surface area contributed by atoms with E-state index in [4.69, 9.17) is 0 Å². The number of hydrogen-bond acceptors (Lipinski definition) is 5. The first-order valence-corrected chi connectivity index (χ1v) is 8.28. The second-order valence-electron chi connectivity index (χ2n) is 5.57. The number of nitrogens with zero attached hydrogens (tertiary/aromatic N) is 3. The van der Waals surface area contributed by atoms with Crippen LogP contribution in [-0.4, -0.2) is 20.8 Å². The molecule has 2 aromatic heterocycles. The average Bonchev–Trinajstić information content (AvgIpc) is 3.02. The zero-order valence-electron chi connectivity index (χ0n) is 12.2. The summed E-state index contributed by atoms with van der Waals surface area (Å²) in [4.78, 5) is 16.2. The van der Waals surface area contributed by atoms with Gasteiger partial charge in [-0.25, -0.2) is 9.67 Å². The highest BCUT2D eigenvalue weighted by molar-refractivity contribution is 7.09. The highest BCUT2D eigenvalue weighted by atomic mass is 32.1. The van der Waals surface area contributed by atoms with Gasteiger partial charge < -0.3 is 5.32 Å². The van der Waals surface area contributed by atoms with Gasteiger partial charge in [0.05, 0.1) is 11.7 Å². The number of aromatic nitrogens is 3. The molecule has 1 fully saturated rings. The van der Waals surface area contributed by atoms with Gasteiger partial charge in [-0.1, -0.05) is 0 Å². The van der Waals surface area contributed by atoms with Crippen LogP contribution in [0.1, 0.15) is 42.4 Å². The highest BCUT2D eigenvalue weighted by Gasteiger charge is 2.23. The monoisotopic (exact) mass is 304 g/mol. The van der Waals surface area contributed by atoms with Crippen molar-refractivity contribution < 1.29 is 0 Å². The molecule has 5 nitrogen and oxygen atoms in total. The molecule has 2 heterocycles. The molecule has 1 aliphatic rings. The Kier molecular flexibility index (Phi) is 4.45. The van der Waals surface area contributed by atoms with Crippen LogP contribution in [-0.2, 0) is 6.54 Å². The third-order valence-corrected chi connectivity index (χ3v) is 4.81. The molecule has 1 saturated carbocycles. The molecule has 2 aromatic rings. The molecule has 0 unspecified atom stereocenters. The third-order valence-electron chi connectivity index (χ3n) is 4.03. The second-order valence-corrected chi connectivity index (χ2v) is 6.55. The van der Waals surface area contributed by atoms with Gasteiger partial charge >= 0.3 is 0 Å². The number of nitrogens with one attached hydrogen (secondary N) is 1. The zero-order valence-corrected chi connectivity index (χ0v) is 13.0. The van der Waals surface area contributed by atoms with Crippen molar-refractivity contribution in [2.45, 2.75) is 51.2 Å². The number of thiazole rings is 1. The van der Waals surface area contributed by atoms with Crippen LogP contribution < -0.4 is 10.9 Å². The molecule has 1 N–H and O–H groups in total. The summed E-state index contributed by atoms with van der Waals surface area (Å²) in [7, 11) is 0. The van der Waals surface area contributed by atoms with Gasteiger partial charge in [0.2, 0.25) is 0 Å². The number of rotatable bonds is 4. The number of hydrogen-bond donors (Lipinski definition) is 1. The summed E-state index contributed by atoms with van der Waals surface area (Å²) in [5, 5.41) is 11.1. The molecular formula is C15H20N4OS. The summed E-state index contributed by atoms with van der Waals surface area (Å²) in [6, 6.07) is 4.16. The molecule has 112 valence electrons. The van der Waals surface area contributed by atoms with Crippen molar-refractivity contribution in [2.24, 2.45) is 0 Å². The summed E-state index contributed by atoms with van der Waals surface area (Å²) in [6.07, 6.45) is 6.02.